The Labute approximate surface area is 325 Å². The maximum Gasteiger partial charge on any atom is 0.330 e. The predicted molar refractivity (Wildman–Crippen MR) is 214 cm³/mol. The van der Waals surface area contributed by atoms with Gasteiger partial charge in [-0.1, -0.05) is 154 Å². The van der Waals surface area contributed by atoms with Crippen LogP contribution in [0.3, 0.4) is 0 Å². The number of ether oxygens (including phenoxy) is 3. The Balaban J connectivity index is 1.43. The van der Waals surface area contributed by atoms with Crippen molar-refractivity contribution in [2.24, 2.45) is 0 Å². The molecule has 11 heteroatoms. The molecule has 1 aliphatic heterocycles. The number of aromatic amines is 1. The van der Waals surface area contributed by atoms with Crippen molar-refractivity contribution in [3.05, 3.63) is 195 Å². The molecule has 1 aromatic heterocycles. The van der Waals surface area contributed by atoms with Crippen molar-refractivity contribution in [2.75, 3.05) is 13.7 Å². The zero-order valence-corrected chi connectivity index (χ0v) is 32.6. The van der Waals surface area contributed by atoms with E-state index >= 15 is 8.78 Å². The Morgan fingerprint density at radius 2 is 1.20 bits per heavy atom. The van der Waals surface area contributed by atoms with E-state index in [1.807, 2.05) is 121 Å². The Kier molecular flexibility index (Phi) is 10.8. The number of nitrogens with zero attached hydrogens (tertiary/aromatic N) is 1. The molecule has 0 radical (unpaired) electrons. The lowest BCUT2D eigenvalue weighted by Gasteiger charge is -2.44. The fourth-order valence-electron chi connectivity index (χ4n) is 7.89. The highest BCUT2D eigenvalue weighted by Gasteiger charge is 2.64. The molecule has 2 heterocycles. The van der Waals surface area contributed by atoms with Gasteiger partial charge in [-0.15, -0.1) is 0 Å². The lowest BCUT2D eigenvalue weighted by molar-refractivity contribution is -0.180. The average molecular weight is 775 g/mol. The molecule has 0 bridgehead atoms. The van der Waals surface area contributed by atoms with Crippen LogP contribution in [0.5, 0.6) is 5.75 Å². The van der Waals surface area contributed by atoms with Crippen molar-refractivity contribution in [1.82, 2.24) is 9.55 Å². The summed E-state index contributed by atoms with van der Waals surface area (Å²) in [4.78, 5) is 27.4. The zero-order chi connectivity index (χ0) is 39.6. The van der Waals surface area contributed by atoms with Gasteiger partial charge in [0, 0.05) is 12.3 Å². The van der Waals surface area contributed by atoms with Crippen molar-refractivity contribution < 1.29 is 27.4 Å². The third-order valence-electron chi connectivity index (χ3n) is 10.5. The highest BCUT2D eigenvalue weighted by molar-refractivity contribution is 6.99. The monoisotopic (exact) mass is 774 g/mol. The first-order valence-corrected chi connectivity index (χ1v) is 20.4. The van der Waals surface area contributed by atoms with Crippen molar-refractivity contribution >= 4 is 18.7 Å². The van der Waals surface area contributed by atoms with Crippen molar-refractivity contribution in [3.8, 4) is 5.75 Å². The zero-order valence-electron chi connectivity index (χ0n) is 31.6. The number of H-pyrrole nitrogens is 1. The van der Waals surface area contributed by atoms with E-state index in [1.165, 1.54) is 0 Å². The predicted octanol–water partition coefficient (Wildman–Crippen LogP) is 7.03. The summed E-state index contributed by atoms with van der Waals surface area (Å²) in [7, 11) is -1.73. The van der Waals surface area contributed by atoms with Crippen LogP contribution < -0.4 is 26.4 Å². The number of aromatic nitrogens is 2. The summed E-state index contributed by atoms with van der Waals surface area (Å²) < 4.78 is 62.0. The van der Waals surface area contributed by atoms with Crippen LogP contribution in [0.4, 0.5) is 8.78 Å². The molecule has 6 aromatic rings. The van der Waals surface area contributed by atoms with Crippen LogP contribution >= 0.6 is 0 Å². The van der Waals surface area contributed by atoms with Crippen LogP contribution in [0.1, 0.15) is 43.7 Å². The summed E-state index contributed by atoms with van der Waals surface area (Å²) in [6.45, 7) is 5.98. The van der Waals surface area contributed by atoms with Crippen LogP contribution in [0.25, 0.3) is 0 Å². The highest BCUT2D eigenvalue weighted by atomic mass is 28.4. The lowest BCUT2D eigenvalue weighted by atomic mass is 9.79. The van der Waals surface area contributed by atoms with Crippen molar-refractivity contribution in [3.63, 3.8) is 0 Å². The summed E-state index contributed by atoms with van der Waals surface area (Å²) in [5.41, 5.74) is -1.65. The van der Waals surface area contributed by atoms with Crippen LogP contribution in [0.2, 0.25) is 5.04 Å². The minimum Gasteiger partial charge on any atom is -0.497 e. The Morgan fingerprint density at radius 1 is 0.714 bits per heavy atom. The van der Waals surface area contributed by atoms with E-state index in [-0.39, 0.29) is 6.61 Å². The number of halogens is 2. The number of alkyl halides is 2. The first-order chi connectivity index (χ1) is 26.9. The molecule has 7 rings (SSSR count). The highest BCUT2D eigenvalue weighted by Crippen LogP contribution is 2.51. The molecule has 288 valence electrons. The number of benzene rings is 5. The molecule has 0 amide bonds. The van der Waals surface area contributed by atoms with E-state index in [0.717, 1.165) is 22.6 Å². The van der Waals surface area contributed by atoms with Gasteiger partial charge in [0.2, 0.25) is 6.23 Å². The minimum atomic E-state index is -3.84. The molecule has 1 aliphatic rings. The molecule has 1 fully saturated rings. The van der Waals surface area contributed by atoms with Crippen LogP contribution in [-0.2, 0) is 19.5 Å². The lowest BCUT2D eigenvalue weighted by Crippen LogP contribution is -2.67. The summed E-state index contributed by atoms with van der Waals surface area (Å²) in [6, 6.07) is 46.2. The first-order valence-electron chi connectivity index (χ1n) is 18.4. The number of rotatable bonds is 12. The normalized spacial score (nSPS) is 18.4. The maximum atomic E-state index is 17.6. The van der Waals surface area contributed by atoms with Crippen molar-refractivity contribution in [2.45, 2.75) is 55.8 Å². The van der Waals surface area contributed by atoms with Gasteiger partial charge >= 0.3 is 11.6 Å². The van der Waals surface area contributed by atoms with Gasteiger partial charge < -0.3 is 18.6 Å². The molecular formula is C45H44F2N2O6Si. The average Bonchev–Trinajstić information content (AvgIpc) is 3.46. The second-order valence-corrected chi connectivity index (χ2v) is 19.2. The second kappa shape index (κ2) is 15.6. The standard InChI is InChI=1S/C45H44F2N2O6Si/c1-43(2,3)56(36-21-13-7-14-22-36,37-23-15-8-16-24-37)53-31-38-40(45(46,47)41(54-38)49-30-29-39(50)48-42(49)51)55-44(32-17-9-5-10-18-32,33-19-11-6-12-20-33)34-25-27-35(52-4)28-26-34/h5-30,38,40-41H,31H2,1-4H3,(H,48,50,51)/t38-,40-,41-/m1/s1. The fourth-order valence-corrected chi connectivity index (χ4v) is 12.5. The van der Waals surface area contributed by atoms with Gasteiger partial charge in [0.15, 0.2) is 6.10 Å². The largest absolute Gasteiger partial charge is 0.497 e. The van der Waals surface area contributed by atoms with Gasteiger partial charge in [-0.2, -0.15) is 8.78 Å². The third-order valence-corrected chi connectivity index (χ3v) is 15.5. The van der Waals surface area contributed by atoms with E-state index in [1.54, 1.807) is 31.4 Å². The number of nitrogens with one attached hydrogen (secondary N) is 1. The van der Waals surface area contributed by atoms with Gasteiger partial charge in [-0.3, -0.25) is 14.3 Å². The first kappa shape index (κ1) is 38.8. The van der Waals surface area contributed by atoms with Crippen LogP contribution in [0.15, 0.2) is 167 Å². The molecule has 56 heavy (non-hydrogen) atoms. The van der Waals surface area contributed by atoms with Crippen molar-refractivity contribution in [1.29, 1.82) is 0 Å². The van der Waals surface area contributed by atoms with E-state index in [2.05, 4.69) is 25.8 Å². The van der Waals surface area contributed by atoms with E-state index in [0.29, 0.717) is 27.0 Å². The van der Waals surface area contributed by atoms with Gasteiger partial charge in [-0.05, 0) is 44.2 Å². The second-order valence-electron chi connectivity index (χ2n) is 14.9. The third kappa shape index (κ3) is 6.96. The number of methoxy groups -OCH3 is 1. The SMILES string of the molecule is COc1ccc(C(O[C@@H]2[C@@H](CO[Si](c3ccccc3)(c3ccccc3)C(C)(C)C)O[C@@H](n3ccc(=O)[nH]c3=O)C2(F)F)(c2ccccc2)c2ccccc2)cc1. The van der Waals surface area contributed by atoms with Gasteiger partial charge in [0.25, 0.3) is 13.9 Å². The number of hydrogen-bond acceptors (Lipinski definition) is 6. The molecule has 3 atom stereocenters. The Morgan fingerprint density at radius 3 is 1.66 bits per heavy atom. The Bertz CT molecular complexity index is 2260. The quantitative estimate of drug-likeness (QED) is 0.106. The molecule has 0 saturated carbocycles. The molecule has 0 unspecified atom stereocenters. The van der Waals surface area contributed by atoms with Crippen LogP contribution in [-0.4, -0.2) is 49.7 Å². The summed E-state index contributed by atoms with van der Waals surface area (Å²) in [6.07, 6.45) is -4.54. The molecule has 8 nitrogen and oxygen atoms in total. The molecule has 0 aliphatic carbocycles. The fraction of sp³-hybridized carbons (Fsp3) is 0.244. The maximum absolute atomic E-state index is 17.6. The summed E-state index contributed by atoms with van der Waals surface area (Å²) >= 11 is 0. The van der Waals surface area contributed by atoms with E-state index in [9.17, 15) is 9.59 Å². The molecule has 5 aromatic carbocycles. The van der Waals surface area contributed by atoms with E-state index < -0.39 is 54.6 Å². The smallest absolute Gasteiger partial charge is 0.330 e. The molecule has 1 saturated heterocycles. The molecule has 0 spiro atoms. The van der Waals surface area contributed by atoms with Gasteiger partial charge in [-0.25, -0.2) is 4.79 Å². The van der Waals surface area contributed by atoms with E-state index in [4.69, 9.17) is 18.6 Å². The summed E-state index contributed by atoms with van der Waals surface area (Å²) in [5.74, 6) is -3.27. The Hall–Kier alpha value is -5.46. The topological polar surface area (TPSA) is 91.8 Å². The van der Waals surface area contributed by atoms with Gasteiger partial charge in [0.05, 0.1) is 13.7 Å². The summed E-state index contributed by atoms with van der Waals surface area (Å²) in [5, 5.41) is 1.43. The molecular weight excluding hydrogens is 731 g/mol. The van der Waals surface area contributed by atoms with Gasteiger partial charge in [0.1, 0.15) is 17.5 Å². The number of hydrogen-bond donors (Lipinski definition) is 1. The molecule has 1 N–H and O–H groups in total. The minimum absolute atomic E-state index is 0.315. The van der Waals surface area contributed by atoms with Crippen LogP contribution in [0, 0.1) is 0 Å².